The predicted molar refractivity (Wildman–Crippen MR) is 119 cm³/mol. The summed E-state index contributed by atoms with van der Waals surface area (Å²) in [7, 11) is 1.37. The number of carbonyl (C=O) groups is 2. The van der Waals surface area contributed by atoms with Crippen LogP contribution in [0.3, 0.4) is 0 Å². The van der Waals surface area contributed by atoms with Crippen LogP contribution in [-0.4, -0.2) is 32.1 Å². The van der Waals surface area contributed by atoms with Gasteiger partial charge in [-0.2, -0.15) is 0 Å². The van der Waals surface area contributed by atoms with Crippen molar-refractivity contribution in [2.75, 3.05) is 25.1 Å². The molecule has 0 bridgehead atoms. The molecule has 1 unspecified atom stereocenters. The summed E-state index contributed by atoms with van der Waals surface area (Å²) >= 11 is 0. The monoisotopic (exact) mass is 426 g/mol. The van der Waals surface area contributed by atoms with Gasteiger partial charge in [0.15, 0.2) is 0 Å². The van der Waals surface area contributed by atoms with E-state index in [4.69, 9.17) is 4.74 Å². The van der Waals surface area contributed by atoms with Gasteiger partial charge in [-0.1, -0.05) is 30.3 Å². The van der Waals surface area contributed by atoms with Crippen LogP contribution in [-0.2, 0) is 19.9 Å². The zero-order chi connectivity index (χ0) is 22.4. The maximum atomic E-state index is 13.9. The van der Waals surface area contributed by atoms with Gasteiger partial charge in [0.05, 0.1) is 7.11 Å². The van der Waals surface area contributed by atoms with E-state index in [9.17, 15) is 14.0 Å². The average Bonchev–Trinajstić information content (AvgIpc) is 3.12. The largest absolute Gasteiger partial charge is 0.469 e. The first kappa shape index (κ1) is 22.9. The molecule has 0 fully saturated rings. The van der Waals surface area contributed by atoms with Crippen molar-refractivity contribution in [3.05, 3.63) is 65.5 Å². The van der Waals surface area contributed by atoms with Crippen molar-refractivity contribution in [2.24, 2.45) is 0 Å². The molecule has 2 aromatic rings. The van der Waals surface area contributed by atoms with Crippen molar-refractivity contribution < 1.29 is 18.7 Å². The molecule has 1 heterocycles. The van der Waals surface area contributed by atoms with Gasteiger partial charge < -0.3 is 15.0 Å². The molecular weight excluding hydrogens is 395 g/mol. The first-order valence-corrected chi connectivity index (χ1v) is 10.8. The van der Waals surface area contributed by atoms with E-state index in [0.717, 1.165) is 16.8 Å². The number of nitrogens with zero attached hydrogens (tertiary/aromatic N) is 1. The van der Waals surface area contributed by atoms with Crippen molar-refractivity contribution in [3.8, 4) is 0 Å². The summed E-state index contributed by atoms with van der Waals surface area (Å²) in [5, 5.41) is 3.47. The van der Waals surface area contributed by atoms with E-state index in [2.05, 4.69) is 31.3 Å². The molecule has 2 aromatic carbocycles. The second-order valence-electron chi connectivity index (χ2n) is 8.54. The Morgan fingerprint density at radius 3 is 2.61 bits per heavy atom. The highest BCUT2D eigenvalue weighted by molar-refractivity contribution is 5.96. The molecule has 0 saturated carbocycles. The van der Waals surface area contributed by atoms with Crippen LogP contribution in [0, 0.1) is 5.82 Å². The summed E-state index contributed by atoms with van der Waals surface area (Å²) in [5.74, 6) is -0.525. The molecule has 0 spiro atoms. The first-order valence-electron chi connectivity index (χ1n) is 10.8. The summed E-state index contributed by atoms with van der Waals surface area (Å²) in [6.45, 7) is 5.25. The molecule has 1 N–H and O–H groups in total. The van der Waals surface area contributed by atoms with Crippen LogP contribution >= 0.6 is 0 Å². The van der Waals surface area contributed by atoms with Crippen molar-refractivity contribution in [1.29, 1.82) is 0 Å². The minimum atomic E-state index is -0.308. The Labute approximate surface area is 183 Å². The fourth-order valence-corrected chi connectivity index (χ4v) is 4.17. The average molecular weight is 427 g/mol. The lowest BCUT2D eigenvalue weighted by molar-refractivity contribution is -0.140. The van der Waals surface area contributed by atoms with E-state index in [1.54, 1.807) is 11.0 Å². The second kappa shape index (κ2) is 10.1. The minimum absolute atomic E-state index is 0.0136. The van der Waals surface area contributed by atoms with E-state index in [-0.39, 0.29) is 29.2 Å². The highest BCUT2D eigenvalue weighted by Crippen LogP contribution is 2.39. The number of fused-ring (bicyclic) bond motifs is 1. The van der Waals surface area contributed by atoms with Crippen LogP contribution in [0.15, 0.2) is 48.5 Å². The highest BCUT2D eigenvalue weighted by Gasteiger charge is 2.32. The molecule has 6 heteroatoms. The number of esters is 1. The van der Waals surface area contributed by atoms with Crippen LogP contribution in [0.2, 0.25) is 0 Å². The molecule has 0 aliphatic carbocycles. The van der Waals surface area contributed by atoms with Gasteiger partial charge in [-0.15, -0.1) is 0 Å². The Kier molecular flexibility index (Phi) is 7.44. The van der Waals surface area contributed by atoms with Crippen LogP contribution < -0.4 is 10.2 Å². The van der Waals surface area contributed by atoms with Gasteiger partial charge in [-0.05, 0) is 56.0 Å². The zero-order valence-electron chi connectivity index (χ0n) is 18.5. The molecule has 31 heavy (non-hydrogen) atoms. The fourth-order valence-electron chi connectivity index (χ4n) is 4.17. The predicted octanol–water partition coefficient (Wildman–Crippen LogP) is 4.51. The van der Waals surface area contributed by atoms with Gasteiger partial charge in [0.25, 0.3) is 0 Å². The number of hydrogen-bond donors (Lipinski definition) is 1. The van der Waals surface area contributed by atoms with E-state index < -0.39 is 0 Å². The van der Waals surface area contributed by atoms with Crippen molar-refractivity contribution in [1.82, 2.24) is 5.32 Å². The van der Waals surface area contributed by atoms with E-state index >= 15 is 0 Å². The normalized spacial score (nSPS) is 15.6. The third-order valence-corrected chi connectivity index (χ3v) is 5.99. The summed E-state index contributed by atoms with van der Waals surface area (Å²) in [6, 6.07) is 14.7. The van der Waals surface area contributed by atoms with Gasteiger partial charge in [0.2, 0.25) is 5.91 Å². The van der Waals surface area contributed by atoms with Gasteiger partial charge >= 0.3 is 5.97 Å². The van der Waals surface area contributed by atoms with Gasteiger partial charge in [-0.25, -0.2) is 4.39 Å². The molecule has 1 atom stereocenters. The summed E-state index contributed by atoms with van der Waals surface area (Å²) in [5.41, 5.74) is 2.53. The fraction of sp³-hybridized carbons (Fsp3) is 0.440. The Morgan fingerprint density at radius 1 is 1.16 bits per heavy atom. The first-order chi connectivity index (χ1) is 14.8. The summed E-state index contributed by atoms with van der Waals surface area (Å²) in [6.07, 6.45) is 2.02. The van der Waals surface area contributed by atoms with E-state index in [0.29, 0.717) is 38.8 Å². The van der Waals surface area contributed by atoms with E-state index in [1.165, 1.54) is 19.2 Å². The van der Waals surface area contributed by atoms with Crippen LogP contribution in [0.25, 0.3) is 0 Å². The number of halogens is 1. The molecule has 0 saturated heterocycles. The SMILES string of the molecule is COC(=O)CCCC1CN(C(=O)CCNC(C)(C)c2ccccc2)c2ccc(F)cc21. The number of ether oxygens (including phenoxy) is 1. The molecule has 3 rings (SSSR count). The van der Waals surface area contributed by atoms with Crippen molar-refractivity contribution in [3.63, 3.8) is 0 Å². The quantitative estimate of drug-likeness (QED) is 0.599. The minimum Gasteiger partial charge on any atom is -0.469 e. The molecule has 0 aromatic heterocycles. The zero-order valence-corrected chi connectivity index (χ0v) is 18.5. The second-order valence-corrected chi connectivity index (χ2v) is 8.54. The number of methoxy groups -OCH3 is 1. The van der Waals surface area contributed by atoms with Crippen molar-refractivity contribution in [2.45, 2.75) is 51.0 Å². The Balaban J connectivity index is 1.61. The maximum Gasteiger partial charge on any atom is 0.305 e. The lowest BCUT2D eigenvalue weighted by Crippen LogP contribution is -2.39. The van der Waals surface area contributed by atoms with E-state index in [1.807, 2.05) is 18.2 Å². The van der Waals surface area contributed by atoms with Crippen molar-refractivity contribution >= 4 is 17.6 Å². The van der Waals surface area contributed by atoms with Gasteiger partial charge in [0.1, 0.15) is 5.82 Å². The lowest BCUT2D eigenvalue weighted by Gasteiger charge is -2.27. The number of carbonyl (C=O) groups excluding carboxylic acids is 2. The van der Waals surface area contributed by atoms with Gasteiger partial charge in [0, 0.05) is 43.1 Å². The molecule has 5 nitrogen and oxygen atoms in total. The smallest absolute Gasteiger partial charge is 0.305 e. The standard InChI is InChI=1S/C25H31FN2O3/c1-25(2,19-9-5-4-6-10-19)27-15-14-23(29)28-17-18(8-7-11-24(30)31-3)21-16-20(26)12-13-22(21)28/h4-6,9-10,12-13,16,18,27H,7-8,11,14-15,17H2,1-3H3. The Hall–Kier alpha value is -2.73. The molecule has 1 aliphatic heterocycles. The highest BCUT2D eigenvalue weighted by atomic mass is 19.1. The topological polar surface area (TPSA) is 58.6 Å². The molecular formula is C25H31FN2O3. The molecule has 0 radical (unpaired) electrons. The molecule has 166 valence electrons. The number of rotatable bonds is 9. The Morgan fingerprint density at radius 2 is 1.90 bits per heavy atom. The summed E-state index contributed by atoms with van der Waals surface area (Å²) < 4.78 is 18.6. The number of nitrogens with one attached hydrogen (secondary N) is 1. The van der Waals surface area contributed by atoms with Crippen LogP contribution in [0.1, 0.15) is 56.6 Å². The third-order valence-electron chi connectivity index (χ3n) is 5.99. The lowest BCUT2D eigenvalue weighted by atomic mass is 9.94. The third kappa shape index (κ3) is 5.70. The van der Waals surface area contributed by atoms with Gasteiger partial charge in [-0.3, -0.25) is 9.59 Å². The maximum absolute atomic E-state index is 13.9. The Bertz CT molecular complexity index is 914. The summed E-state index contributed by atoms with van der Waals surface area (Å²) in [4.78, 5) is 26.2. The number of amides is 1. The van der Waals surface area contributed by atoms with Crippen LogP contribution in [0.4, 0.5) is 10.1 Å². The molecule has 1 amide bonds. The number of benzene rings is 2. The van der Waals surface area contributed by atoms with Crippen LogP contribution in [0.5, 0.6) is 0 Å². The molecule has 1 aliphatic rings. The number of anilines is 1. The number of hydrogen-bond acceptors (Lipinski definition) is 4.